The van der Waals surface area contributed by atoms with Crippen molar-refractivity contribution in [2.24, 2.45) is 0 Å². The van der Waals surface area contributed by atoms with Gasteiger partial charge in [0.15, 0.2) is 5.76 Å². The molecule has 1 aromatic carbocycles. The summed E-state index contributed by atoms with van der Waals surface area (Å²) in [5, 5.41) is 4.24. The SMILES string of the molecule is O=C(Cn1nc(-c2ccco2)ccc1=O)N1CCN(c2ccc(F)cc2)CC1. The van der Waals surface area contributed by atoms with Crippen molar-refractivity contribution in [1.29, 1.82) is 0 Å². The zero-order chi connectivity index (χ0) is 19.5. The molecule has 0 N–H and O–H groups in total. The monoisotopic (exact) mass is 382 g/mol. The average Bonchev–Trinajstić information content (AvgIpc) is 3.25. The molecule has 4 rings (SSSR count). The fourth-order valence-electron chi connectivity index (χ4n) is 3.21. The van der Waals surface area contributed by atoms with E-state index in [4.69, 9.17) is 4.42 Å². The van der Waals surface area contributed by atoms with Crippen molar-refractivity contribution in [2.75, 3.05) is 31.1 Å². The van der Waals surface area contributed by atoms with Gasteiger partial charge in [0.2, 0.25) is 5.91 Å². The summed E-state index contributed by atoms with van der Waals surface area (Å²) in [7, 11) is 0. The molecular weight excluding hydrogens is 363 g/mol. The van der Waals surface area contributed by atoms with E-state index in [9.17, 15) is 14.0 Å². The number of aromatic nitrogens is 2. The highest BCUT2D eigenvalue weighted by Crippen LogP contribution is 2.17. The standard InChI is InChI=1S/C20H19FN4O3/c21-15-3-5-16(6-4-15)23-9-11-24(12-10-23)20(27)14-25-19(26)8-7-17(22-25)18-2-1-13-28-18/h1-8,13H,9-12,14H2. The van der Waals surface area contributed by atoms with Crippen molar-refractivity contribution in [1.82, 2.24) is 14.7 Å². The smallest absolute Gasteiger partial charge is 0.267 e. The van der Waals surface area contributed by atoms with E-state index in [0.717, 1.165) is 10.4 Å². The van der Waals surface area contributed by atoms with Crippen LogP contribution < -0.4 is 10.5 Å². The molecule has 2 aromatic heterocycles. The van der Waals surface area contributed by atoms with Gasteiger partial charge in [-0.15, -0.1) is 0 Å². The van der Waals surface area contributed by atoms with Crippen LogP contribution >= 0.6 is 0 Å². The fourth-order valence-corrected chi connectivity index (χ4v) is 3.21. The number of carbonyl (C=O) groups excluding carboxylic acids is 1. The molecule has 1 saturated heterocycles. The lowest BCUT2D eigenvalue weighted by Gasteiger charge is -2.36. The molecule has 3 aromatic rings. The predicted molar refractivity (Wildman–Crippen MR) is 101 cm³/mol. The molecule has 0 atom stereocenters. The Hall–Kier alpha value is -3.42. The molecule has 0 spiro atoms. The zero-order valence-corrected chi connectivity index (χ0v) is 15.1. The van der Waals surface area contributed by atoms with Gasteiger partial charge in [-0.1, -0.05) is 0 Å². The summed E-state index contributed by atoms with van der Waals surface area (Å²) < 4.78 is 19.5. The van der Waals surface area contributed by atoms with E-state index in [1.165, 1.54) is 24.5 Å². The van der Waals surface area contributed by atoms with Crippen LogP contribution in [0, 0.1) is 5.82 Å². The summed E-state index contributed by atoms with van der Waals surface area (Å²) in [6.07, 6.45) is 1.53. The Balaban J connectivity index is 1.40. The number of amides is 1. The van der Waals surface area contributed by atoms with Crippen molar-refractivity contribution >= 4 is 11.6 Å². The lowest BCUT2D eigenvalue weighted by atomic mass is 10.2. The maximum atomic E-state index is 13.1. The zero-order valence-electron chi connectivity index (χ0n) is 15.1. The van der Waals surface area contributed by atoms with Gasteiger partial charge in [0.05, 0.1) is 6.26 Å². The van der Waals surface area contributed by atoms with Crippen LogP contribution in [0.15, 0.2) is 64.0 Å². The minimum atomic E-state index is -0.339. The molecule has 3 heterocycles. The van der Waals surface area contributed by atoms with Crippen LogP contribution in [0.5, 0.6) is 0 Å². The van der Waals surface area contributed by atoms with Crippen LogP contribution in [-0.4, -0.2) is 46.8 Å². The van der Waals surface area contributed by atoms with Crippen LogP contribution in [0.25, 0.3) is 11.5 Å². The summed E-state index contributed by atoms with van der Waals surface area (Å²) in [4.78, 5) is 28.5. The molecule has 0 unspecified atom stereocenters. The third kappa shape index (κ3) is 3.80. The molecule has 8 heteroatoms. The number of anilines is 1. The van der Waals surface area contributed by atoms with E-state index < -0.39 is 0 Å². The van der Waals surface area contributed by atoms with E-state index in [0.29, 0.717) is 37.6 Å². The highest BCUT2D eigenvalue weighted by molar-refractivity contribution is 5.76. The third-order valence-electron chi connectivity index (χ3n) is 4.75. The normalized spacial score (nSPS) is 14.3. The fraction of sp³-hybridized carbons (Fsp3) is 0.250. The summed E-state index contributed by atoms with van der Waals surface area (Å²) in [5.74, 6) is 0.103. The van der Waals surface area contributed by atoms with Crippen LogP contribution in [0.3, 0.4) is 0 Å². The number of furan rings is 1. The van der Waals surface area contributed by atoms with Crippen molar-refractivity contribution in [3.63, 3.8) is 0 Å². The molecule has 0 radical (unpaired) electrons. The third-order valence-corrected chi connectivity index (χ3v) is 4.75. The average molecular weight is 382 g/mol. The van der Waals surface area contributed by atoms with Crippen LogP contribution in [0.2, 0.25) is 0 Å². The van der Waals surface area contributed by atoms with Crippen molar-refractivity contribution < 1.29 is 13.6 Å². The number of halogens is 1. The van der Waals surface area contributed by atoms with E-state index in [1.54, 1.807) is 35.2 Å². The van der Waals surface area contributed by atoms with Gasteiger partial charge in [-0.25, -0.2) is 9.07 Å². The van der Waals surface area contributed by atoms with E-state index in [-0.39, 0.29) is 23.8 Å². The van der Waals surface area contributed by atoms with Crippen LogP contribution in [-0.2, 0) is 11.3 Å². The molecule has 1 aliphatic heterocycles. The first-order valence-corrected chi connectivity index (χ1v) is 9.00. The first kappa shape index (κ1) is 18.0. The van der Waals surface area contributed by atoms with Gasteiger partial charge in [0.25, 0.3) is 5.56 Å². The highest BCUT2D eigenvalue weighted by Gasteiger charge is 2.22. The van der Waals surface area contributed by atoms with Gasteiger partial charge >= 0.3 is 0 Å². The molecule has 144 valence electrons. The van der Waals surface area contributed by atoms with E-state index in [1.807, 2.05) is 0 Å². The second-order valence-corrected chi connectivity index (χ2v) is 6.54. The second-order valence-electron chi connectivity index (χ2n) is 6.54. The lowest BCUT2D eigenvalue weighted by molar-refractivity contribution is -0.132. The Kier molecular flexibility index (Phi) is 4.92. The topological polar surface area (TPSA) is 71.6 Å². The van der Waals surface area contributed by atoms with Gasteiger partial charge in [-0.2, -0.15) is 5.10 Å². The largest absolute Gasteiger partial charge is 0.463 e. The summed E-state index contributed by atoms with van der Waals surface area (Å²) in [6.45, 7) is 2.23. The molecular formula is C20H19FN4O3. The van der Waals surface area contributed by atoms with Gasteiger partial charge < -0.3 is 14.2 Å². The number of benzene rings is 1. The van der Waals surface area contributed by atoms with Gasteiger partial charge in [0, 0.05) is 37.9 Å². The quantitative estimate of drug-likeness (QED) is 0.690. The number of hydrogen-bond donors (Lipinski definition) is 0. The maximum absolute atomic E-state index is 13.1. The van der Waals surface area contributed by atoms with Crippen molar-refractivity contribution in [3.8, 4) is 11.5 Å². The Morgan fingerprint density at radius 3 is 2.46 bits per heavy atom. The number of nitrogens with zero attached hydrogens (tertiary/aromatic N) is 4. The molecule has 28 heavy (non-hydrogen) atoms. The molecule has 7 nitrogen and oxygen atoms in total. The van der Waals surface area contributed by atoms with E-state index >= 15 is 0 Å². The first-order chi connectivity index (χ1) is 13.6. The number of piperazine rings is 1. The van der Waals surface area contributed by atoms with Gasteiger partial charge in [0.1, 0.15) is 18.1 Å². The minimum Gasteiger partial charge on any atom is -0.463 e. The first-order valence-electron chi connectivity index (χ1n) is 9.00. The van der Waals surface area contributed by atoms with E-state index in [2.05, 4.69) is 10.00 Å². The molecule has 1 aliphatic rings. The Labute approximate surface area is 160 Å². The Bertz CT molecular complexity index is 1010. The predicted octanol–water partition coefficient (Wildman–Crippen LogP) is 1.99. The lowest BCUT2D eigenvalue weighted by Crippen LogP contribution is -2.50. The molecule has 0 saturated carbocycles. The van der Waals surface area contributed by atoms with Crippen molar-refractivity contribution in [3.05, 3.63) is 71.0 Å². The molecule has 0 bridgehead atoms. The Morgan fingerprint density at radius 1 is 1.04 bits per heavy atom. The van der Waals surface area contributed by atoms with Gasteiger partial charge in [-0.3, -0.25) is 9.59 Å². The maximum Gasteiger partial charge on any atom is 0.267 e. The molecule has 1 amide bonds. The highest BCUT2D eigenvalue weighted by atomic mass is 19.1. The summed E-state index contributed by atoms with van der Waals surface area (Å²) in [5.41, 5.74) is 1.09. The van der Waals surface area contributed by atoms with Crippen molar-refractivity contribution in [2.45, 2.75) is 6.54 Å². The number of rotatable bonds is 4. The second kappa shape index (κ2) is 7.67. The number of hydrogen-bond acceptors (Lipinski definition) is 5. The molecule has 0 aliphatic carbocycles. The number of carbonyl (C=O) groups is 1. The molecule has 1 fully saturated rings. The Morgan fingerprint density at radius 2 is 1.79 bits per heavy atom. The summed E-state index contributed by atoms with van der Waals surface area (Å²) >= 11 is 0. The summed E-state index contributed by atoms with van der Waals surface area (Å²) in [6, 6.07) is 12.8. The minimum absolute atomic E-state index is 0.121. The van der Waals surface area contributed by atoms with Crippen LogP contribution in [0.4, 0.5) is 10.1 Å². The van der Waals surface area contributed by atoms with Crippen LogP contribution in [0.1, 0.15) is 0 Å². The van der Waals surface area contributed by atoms with Gasteiger partial charge in [-0.05, 0) is 42.5 Å².